The van der Waals surface area contributed by atoms with Gasteiger partial charge in [0.15, 0.2) is 5.82 Å². The van der Waals surface area contributed by atoms with Crippen molar-refractivity contribution < 1.29 is 19.4 Å². The van der Waals surface area contributed by atoms with Gasteiger partial charge in [0.05, 0.1) is 37.6 Å². The summed E-state index contributed by atoms with van der Waals surface area (Å²) < 4.78 is 14.5. The number of carbonyl (C=O) groups excluding carboxylic acids is 1. The van der Waals surface area contributed by atoms with E-state index in [-0.39, 0.29) is 12.4 Å². The van der Waals surface area contributed by atoms with Gasteiger partial charge in [0.2, 0.25) is 0 Å². The number of aliphatic hydroxyl groups is 1. The molecule has 190 valence electrons. The first-order valence-corrected chi connectivity index (χ1v) is 11.6. The molecule has 0 atom stereocenters. The monoisotopic (exact) mass is 492 g/mol. The summed E-state index contributed by atoms with van der Waals surface area (Å²) in [5.41, 5.74) is 9.39. The van der Waals surface area contributed by atoms with Gasteiger partial charge in [0.25, 0.3) is 0 Å². The fourth-order valence-electron chi connectivity index (χ4n) is 4.06. The van der Waals surface area contributed by atoms with E-state index in [1.54, 1.807) is 36.4 Å². The smallest absolute Gasteiger partial charge is 0.310 e. The van der Waals surface area contributed by atoms with E-state index in [0.717, 1.165) is 27.9 Å². The molecule has 4 aromatic rings. The number of anilines is 1. The van der Waals surface area contributed by atoms with E-state index in [0.29, 0.717) is 23.6 Å². The predicted octanol–water partition coefficient (Wildman–Crippen LogP) is 3.51. The Kier molecular flexibility index (Phi) is 6.48. The van der Waals surface area contributed by atoms with Crippen LogP contribution in [0, 0.1) is 0 Å². The Bertz CT molecular complexity index is 1410. The number of rotatable bonds is 7. The average molecular weight is 493 g/mol. The summed E-state index contributed by atoms with van der Waals surface area (Å²) >= 11 is 0. The van der Waals surface area contributed by atoms with Crippen LogP contribution in [0.3, 0.4) is 0 Å². The lowest BCUT2D eigenvalue weighted by Gasteiger charge is -2.20. The van der Waals surface area contributed by atoms with E-state index < -0.39 is 11.2 Å². The highest BCUT2D eigenvalue weighted by Crippen LogP contribution is 2.37. The van der Waals surface area contributed by atoms with E-state index in [1.165, 1.54) is 6.33 Å². The van der Waals surface area contributed by atoms with Crippen LogP contribution in [0.5, 0.6) is 5.75 Å². The fourth-order valence-corrected chi connectivity index (χ4v) is 4.06. The minimum atomic E-state index is -0.903. The largest absolute Gasteiger partial charge is 0.496 e. The third-order valence-electron chi connectivity index (χ3n) is 5.41. The number of nitrogens with two attached hydrogens (primary N) is 1. The van der Waals surface area contributed by atoms with Crippen LogP contribution in [-0.2, 0) is 22.5 Å². The second-order valence-corrected chi connectivity index (χ2v) is 10.4. The molecule has 4 rings (SSSR count). The highest BCUT2D eigenvalue weighted by molar-refractivity contribution is 5.92. The zero-order chi connectivity index (χ0) is 26.3. The number of carbonyl (C=O) groups is 1. The first kappa shape index (κ1) is 25.2. The Hall–Kier alpha value is -3.92. The Morgan fingerprint density at radius 3 is 2.53 bits per heavy atom. The lowest BCUT2D eigenvalue weighted by Crippen LogP contribution is -2.26. The third-order valence-corrected chi connectivity index (χ3v) is 5.41. The molecule has 3 aromatic heterocycles. The molecule has 10 heteroatoms. The Balaban J connectivity index is 1.76. The Morgan fingerprint density at radius 2 is 1.86 bits per heavy atom. The standard InChI is InChI=1S/C26H32N6O4/c1-25(2,3)36-22(33)10-17-8-7-16(9-21(17)35-6)19-11-20(32-23(19)24(27)28-15-30-32)18-12-29-31(13-18)14-26(4,5)34/h7-9,11-13,15,34H,10,14H2,1-6H3,(H2,27,28,30). The van der Waals surface area contributed by atoms with Crippen LogP contribution in [-0.4, -0.2) is 53.8 Å². The number of esters is 1. The van der Waals surface area contributed by atoms with Crippen molar-refractivity contribution in [3.05, 3.63) is 48.5 Å². The molecule has 0 aliphatic carbocycles. The predicted molar refractivity (Wildman–Crippen MR) is 136 cm³/mol. The van der Waals surface area contributed by atoms with Gasteiger partial charge in [-0.3, -0.25) is 9.48 Å². The third kappa shape index (κ3) is 5.49. The molecular weight excluding hydrogens is 460 g/mol. The molecule has 0 amide bonds. The van der Waals surface area contributed by atoms with Crippen molar-refractivity contribution in [1.29, 1.82) is 0 Å². The molecule has 0 radical (unpaired) electrons. The second kappa shape index (κ2) is 9.27. The minimum absolute atomic E-state index is 0.0914. The maximum Gasteiger partial charge on any atom is 0.310 e. The van der Waals surface area contributed by atoms with Crippen molar-refractivity contribution in [2.75, 3.05) is 12.8 Å². The summed E-state index contributed by atoms with van der Waals surface area (Å²) in [7, 11) is 1.56. The number of nitrogen functional groups attached to an aromatic ring is 1. The molecule has 0 aliphatic rings. The molecule has 10 nitrogen and oxygen atoms in total. The molecule has 0 aliphatic heterocycles. The van der Waals surface area contributed by atoms with Crippen molar-refractivity contribution in [3.8, 4) is 28.1 Å². The number of ether oxygens (including phenoxy) is 2. The van der Waals surface area contributed by atoms with Crippen LogP contribution in [0.15, 0.2) is 43.0 Å². The summed E-state index contributed by atoms with van der Waals surface area (Å²) in [4.78, 5) is 16.6. The number of methoxy groups -OCH3 is 1. The van der Waals surface area contributed by atoms with Gasteiger partial charge in [0, 0.05) is 22.9 Å². The topological polar surface area (TPSA) is 130 Å². The molecule has 3 heterocycles. The van der Waals surface area contributed by atoms with Gasteiger partial charge in [-0.1, -0.05) is 12.1 Å². The maximum absolute atomic E-state index is 12.4. The molecule has 0 saturated heterocycles. The first-order valence-electron chi connectivity index (χ1n) is 11.6. The summed E-state index contributed by atoms with van der Waals surface area (Å²) in [6.07, 6.45) is 5.07. The summed E-state index contributed by atoms with van der Waals surface area (Å²) in [5.74, 6) is 0.561. The fraction of sp³-hybridized carbons (Fsp3) is 0.385. The second-order valence-electron chi connectivity index (χ2n) is 10.4. The molecule has 0 saturated carbocycles. The summed E-state index contributed by atoms with van der Waals surface area (Å²) in [6, 6.07) is 7.59. The number of fused-ring (bicyclic) bond motifs is 1. The van der Waals surface area contributed by atoms with Crippen molar-refractivity contribution in [1.82, 2.24) is 24.4 Å². The maximum atomic E-state index is 12.4. The highest BCUT2D eigenvalue weighted by atomic mass is 16.6. The number of benzene rings is 1. The number of hydrogen-bond donors (Lipinski definition) is 2. The summed E-state index contributed by atoms with van der Waals surface area (Å²) in [5, 5.41) is 19.0. The van der Waals surface area contributed by atoms with Gasteiger partial charge < -0.3 is 20.3 Å². The molecule has 0 unspecified atom stereocenters. The van der Waals surface area contributed by atoms with Gasteiger partial charge in [0.1, 0.15) is 23.2 Å². The normalized spacial score (nSPS) is 12.2. The van der Waals surface area contributed by atoms with Gasteiger partial charge in [-0.2, -0.15) is 10.2 Å². The van der Waals surface area contributed by atoms with Crippen molar-refractivity contribution in [3.63, 3.8) is 0 Å². The van der Waals surface area contributed by atoms with Crippen LogP contribution in [0.25, 0.3) is 27.9 Å². The summed E-state index contributed by atoms with van der Waals surface area (Å²) in [6.45, 7) is 9.31. The highest BCUT2D eigenvalue weighted by Gasteiger charge is 2.22. The van der Waals surface area contributed by atoms with Crippen molar-refractivity contribution >= 4 is 17.3 Å². The van der Waals surface area contributed by atoms with Gasteiger partial charge in [-0.05, 0) is 52.3 Å². The average Bonchev–Trinajstić information content (AvgIpc) is 3.36. The molecule has 1 aromatic carbocycles. The van der Waals surface area contributed by atoms with Crippen LogP contribution < -0.4 is 10.5 Å². The quantitative estimate of drug-likeness (QED) is 0.375. The van der Waals surface area contributed by atoms with E-state index in [2.05, 4.69) is 15.2 Å². The number of aromatic nitrogens is 5. The van der Waals surface area contributed by atoms with E-state index in [4.69, 9.17) is 15.2 Å². The molecule has 0 fully saturated rings. The molecule has 3 N–H and O–H groups in total. The van der Waals surface area contributed by atoms with Gasteiger partial charge in [-0.25, -0.2) is 9.50 Å². The van der Waals surface area contributed by atoms with Crippen LogP contribution >= 0.6 is 0 Å². The zero-order valence-corrected chi connectivity index (χ0v) is 21.4. The number of nitrogens with zero attached hydrogens (tertiary/aromatic N) is 5. The zero-order valence-electron chi connectivity index (χ0n) is 21.4. The first-order chi connectivity index (χ1) is 16.8. The van der Waals surface area contributed by atoms with Crippen molar-refractivity contribution in [2.45, 2.75) is 58.8 Å². The molecule has 0 spiro atoms. The van der Waals surface area contributed by atoms with Crippen molar-refractivity contribution in [2.24, 2.45) is 0 Å². The lowest BCUT2D eigenvalue weighted by atomic mass is 10.0. The molecule has 0 bridgehead atoms. The minimum Gasteiger partial charge on any atom is -0.496 e. The van der Waals surface area contributed by atoms with Crippen LogP contribution in [0.1, 0.15) is 40.2 Å². The lowest BCUT2D eigenvalue weighted by molar-refractivity contribution is -0.153. The van der Waals surface area contributed by atoms with Crippen LogP contribution in [0.4, 0.5) is 5.82 Å². The SMILES string of the molecule is COc1cc(-c2cc(-c3cnn(CC(C)(C)O)c3)n3ncnc(N)c23)ccc1CC(=O)OC(C)(C)C. The number of hydrogen-bond acceptors (Lipinski definition) is 8. The van der Waals surface area contributed by atoms with E-state index >= 15 is 0 Å². The van der Waals surface area contributed by atoms with Crippen LogP contribution in [0.2, 0.25) is 0 Å². The molecular formula is C26H32N6O4. The molecule has 36 heavy (non-hydrogen) atoms. The van der Waals surface area contributed by atoms with E-state index in [9.17, 15) is 9.90 Å². The Labute approximate surface area is 209 Å². The Morgan fingerprint density at radius 1 is 1.11 bits per heavy atom. The van der Waals surface area contributed by atoms with E-state index in [1.807, 2.05) is 51.2 Å². The van der Waals surface area contributed by atoms with Gasteiger partial charge >= 0.3 is 5.97 Å². The van der Waals surface area contributed by atoms with Gasteiger partial charge in [-0.15, -0.1) is 0 Å².